The molecule has 0 aliphatic carbocycles. The lowest BCUT2D eigenvalue weighted by Crippen LogP contribution is -2.47. The summed E-state index contributed by atoms with van der Waals surface area (Å²) in [5, 5.41) is 3.10. The lowest BCUT2D eigenvalue weighted by molar-refractivity contribution is -0.122. The number of hydrogen-bond acceptors (Lipinski definition) is 4. The Kier molecular flexibility index (Phi) is 9.35. The molecule has 31 heavy (non-hydrogen) atoms. The minimum atomic E-state index is -0.493. The summed E-state index contributed by atoms with van der Waals surface area (Å²) in [5.74, 6) is 0.478. The van der Waals surface area contributed by atoms with Crippen molar-refractivity contribution in [3.63, 3.8) is 0 Å². The smallest absolute Gasteiger partial charge is 0.410 e. The third kappa shape index (κ3) is 8.90. The van der Waals surface area contributed by atoms with Gasteiger partial charge in [-0.3, -0.25) is 4.79 Å². The number of nitrogens with one attached hydrogen (secondary N) is 1. The van der Waals surface area contributed by atoms with Crippen LogP contribution in [0.5, 0.6) is 0 Å². The highest BCUT2D eigenvalue weighted by Crippen LogP contribution is 2.21. The van der Waals surface area contributed by atoms with Gasteiger partial charge in [-0.2, -0.15) is 0 Å². The van der Waals surface area contributed by atoms with Gasteiger partial charge in [0.15, 0.2) is 0 Å². The average molecular weight is 432 g/mol. The number of rotatable bonds is 8. The molecule has 0 saturated carbocycles. The van der Waals surface area contributed by atoms with Crippen molar-refractivity contribution in [3.05, 3.63) is 35.9 Å². The Morgan fingerprint density at radius 2 is 1.87 bits per heavy atom. The van der Waals surface area contributed by atoms with E-state index >= 15 is 0 Å². The molecule has 2 amide bonds. The Morgan fingerprint density at radius 1 is 1.19 bits per heavy atom. The molecule has 2 atom stereocenters. The van der Waals surface area contributed by atoms with Crippen molar-refractivity contribution in [2.24, 2.45) is 5.92 Å². The van der Waals surface area contributed by atoms with E-state index in [0.29, 0.717) is 18.9 Å². The fraction of sp³-hybridized carbons (Fsp3) is 0.680. The Morgan fingerprint density at radius 3 is 2.48 bits per heavy atom. The van der Waals surface area contributed by atoms with E-state index in [9.17, 15) is 9.59 Å². The molecule has 1 aromatic carbocycles. The molecule has 1 heterocycles. The third-order valence-electron chi connectivity index (χ3n) is 5.64. The molecule has 1 saturated heterocycles. The van der Waals surface area contributed by atoms with E-state index in [-0.39, 0.29) is 24.1 Å². The number of benzene rings is 1. The van der Waals surface area contributed by atoms with Crippen molar-refractivity contribution in [1.29, 1.82) is 0 Å². The minimum absolute atomic E-state index is 0.0104. The Bertz CT molecular complexity index is 700. The second-order valence-electron chi connectivity index (χ2n) is 9.99. The molecule has 0 bridgehead atoms. The molecule has 1 aliphatic heterocycles. The number of piperidine rings is 1. The predicted octanol–water partition coefficient (Wildman–Crippen LogP) is 4.61. The van der Waals surface area contributed by atoms with Gasteiger partial charge in [-0.05, 0) is 72.4 Å². The van der Waals surface area contributed by atoms with Crippen molar-refractivity contribution in [1.82, 2.24) is 15.1 Å². The van der Waals surface area contributed by atoms with Gasteiger partial charge < -0.3 is 19.9 Å². The Balaban J connectivity index is 1.81. The van der Waals surface area contributed by atoms with E-state index in [2.05, 4.69) is 10.2 Å². The lowest BCUT2D eigenvalue weighted by atomic mass is 9.97. The second kappa shape index (κ2) is 11.5. The molecule has 6 heteroatoms. The maximum absolute atomic E-state index is 12.6. The minimum Gasteiger partial charge on any atom is -0.444 e. The molecule has 174 valence electrons. The van der Waals surface area contributed by atoms with Gasteiger partial charge in [-0.1, -0.05) is 30.3 Å². The van der Waals surface area contributed by atoms with Crippen LogP contribution in [0.4, 0.5) is 4.79 Å². The third-order valence-corrected chi connectivity index (χ3v) is 5.64. The normalized spacial score (nSPS) is 18.5. The monoisotopic (exact) mass is 431 g/mol. The Hall–Kier alpha value is -2.08. The molecule has 1 fully saturated rings. The summed E-state index contributed by atoms with van der Waals surface area (Å²) in [6, 6.07) is 10.1. The van der Waals surface area contributed by atoms with Gasteiger partial charge in [0.25, 0.3) is 0 Å². The zero-order valence-electron chi connectivity index (χ0n) is 20.2. The predicted molar refractivity (Wildman–Crippen MR) is 125 cm³/mol. The summed E-state index contributed by atoms with van der Waals surface area (Å²) in [6.07, 6.45) is 2.44. The van der Waals surface area contributed by atoms with E-state index in [4.69, 9.17) is 4.74 Å². The van der Waals surface area contributed by atoms with Crippen LogP contribution >= 0.6 is 0 Å². The highest BCUT2D eigenvalue weighted by Gasteiger charge is 2.29. The number of hydrogen-bond donors (Lipinski definition) is 1. The summed E-state index contributed by atoms with van der Waals surface area (Å²) in [6.45, 7) is 15.1. The molecule has 1 aliphatic rings. The summed E-state index contributed by atoms with van der Waals surface area (Å²) >= 11 is 0. The van der Waals surface area contributed by atoms with Crippen molar-refractivity contribution in [2.45, 2.75) is 78.5 Å². The van der Waals surface area contributed by atoms with Gasteiger partial charge in [-0.15, -0.1) is 0 Å². The molecule has 2 rings (SSSR count). The van der Waals surface area contributed by atoms with Crippen molar-refractivity contribution >= 4 is 12.0 Å². The number of carbonyl (C=O) groups is 2. The first-order chi connectivity index (χ1) is 14.5. The van der Waals surface area contributed by atoms with Crippen LogP contribution in [0.25, 0.3) is 0 Å². The molecule has 0 aromatic heterocycles. The highest BCUT2D eigenvalue weighted by molar-refractivity contribution is 5.76. The van der Waals surface area contributed by atoms with Crippen LogP contribution in [0.1, 0.15) is 72.4 Å². The molecule has 6 nitrogen and oxygen atoms in total. The topological polar surface area (TPSA) is 61.9 Å². The summed E-state index contributed by atoms with van der Waals surface area (Å²) in [7, 11) is 0. The van der Waals surface area contributed by atoms with E-state index < -0.39 is 5.60 Å². The summed E-state index contributed by atoms with van der Waals surface area (Å²) in [4.78, 5) is 29.3. The summed E-state index contributed by atoms with van der Waals surface area (Å²) in [5.41, 5.74) is 0.623. The number of amides is 2. The van der Waals surface area contributed by atoms with E-state index in [1.165, 1.54) is 0 Å². The summed E-state index contributed by atoms with van der Waals surface area (Å²) < 4.78 is 5.60. The Labute approximate surface area is 188 Å². The lowest BCUT2D eigenvalue weighted by Gasteiger charge is -2.37. The van der Waals surface area contributed by atoms with Crippen LogP contribution in [0.2, 0.25) is 0 Å². The molecule has 2 unspecified atom stereocenters. The molecular weight excluding hydrogens is 390 g/mol. The first-order valence-electron chi connectivity index (χ1n) is 11.6. The maximum atomic E-state index is 12.6. The van der Waals surface area contributed by atoms with Gasteiger partial charge in [0.2, 0.25) is 5.91 Å². The fourth-order valence-electron chi connectivity index (χ4n) is 4.00. The fourth-order valence-corrected chi connectivity index (χ4v) is 4.00. The molecular formula is C25H41N3O3. The first kappa shape index (κ1) is 25.2. The van der Waals surface area contributed by atoms with E-state index in [1.807, 2.05) is 76.8 Å². The SMILES string of the molecule is CC(NC(=O)CCN1CCCC(CN(C(=O)OC(C)(C)C)C(C)C)C1)c1ccccc1. The van der Waals surface area contributed by atoms with Crippen molar-refractivity contribution < 1.29 is 14.3 Å². The molecule has 0 spiro atoms. The van der Waals surface area contributed by atoms with Crippen molar-refractivity contribution in [3.8, 4) is 0 Å². The molecule has 1 N–H and O–H groups in total. The van der Waals surface area contributed by atoms with Crippen LogP contribution in [0.3, 0.4) is 0 Å². The van der Waals surface area contributed by atoms with E-state index in [0.717, 1.165) is 38.0 Å². The second-order valence-corrected chi connectivity index (χ2v) is 9.99. The van der Waals surface area contributed by atoms with Gasteiger partial charge in [0.1, 0.15) is 5.60 Å². The molecule has 1 aromatic rings. The van der Waals surface area contributed by atoms with Gasteiger partial charge in [0, 0.05) is 32.1 Å². The van der Waals surface area contributed by atoms with Crippen LogP contribution < -0.4 is 5.32 Å². The highest BCUT2D eigenvalue weighted by atomic mass is 16.6. The van der Waals surface area contributed by atoms with Crippen LogP contribution in [-0.2, 0) is 9.53 Å². The average Bonchev–Trinajstić information content (AvgIpc) is 2.70. The van der Waals surface area contributed by atoms with Gasteiger partial charge in [-0.25, -0.2) is 4.79 Å². The first-order valence-corrected chi connectivity index (χ1v) is 11.6. The van der Waals surface area contributed by atoms with Crippen molar-refractivity contribution in [2.75, 3.05) is 26.2 Å². The van der Waals surface area contributed by atoms with E-state index in [1.54, 1.807) is 0 Å². The zero-order chi connectivity index (χ0) is 23.0. The maximum Gasteiger partial charge on any atom is 0.410 e. The zero-order valence-corrected chi connectivity index (χ0v) is 20.2. The quantitative estimate of drug-likeness (QED) is 0.653. The largest absolute Gasteiger partial charge is 0.444 e. The number of ether oxygens (including phenoxy) is 1. The number of carbonyl (C=O) groups excluding carboxylic acids is 2. The van der Waals surface area contributed by atoms with Crippen LogP contribution in [-0.4, -0.2) is 59.6 Å². The standard InChI is InChI=1S/C25H41N3O3/c1-19(2)28(24(30)31-25(4,5)6)18-21-11-10-15-27(17-21)16-14-23(29)26-20(3)22-12-8-7-9-13-22/h7-9,12-13,19-21H,10-11,14-18H2,1-6H3,(H,26,29). The number of likely N-dealkylation sites (tertiary alicyclic amines) is 1. The van der Waals surface area contributed by atoms with Crippen LogP contribution in [0, 0.1) is 5.92 Å². The van der Waals surface area contributed by atoms with Crippen LogP contribution in [0.15, 0.2) is 30.3 Å². The number of nitrogens with zero attached hydrogens (tertiary/aromatic N) is 2. The van der Waals surface area contributed by atoms with Gasteiger partial charge in [0.05, 0.1) is 6.04 Å². The molecule has 0 radical (unpaired) electrons. The van der Waals surface area contributed by atoms with Gasteiger partial charge >= 0.3 is 6.09 Å².